The van der Waals surface area contributed by atoms with Crippen LogP contribution in [0.25, 0.3) is 0 Å². The minimum Gasteiger partial charge on any atom is -0.489 e. The van der Waals surface area contributed by atoms with Crippen molar-refractivity contribution in [3.63, 3.8) is 0 Å². The third kappa shape index (κ3) is 2.96. The van der Waals surface area contributed by atoms with Crippen LogP contribution < -0.4 is 4.74 Å². The molecule has 0 aliphatic rings. The van der Waals surface area contributed by atoms with Crippen molar-refractivity contribution >= 4 is 5.97 Å². The second kappa shape index (κ2) is 5.74. The summed E-state index contributed by atoms with van der Waals surface area (Å²) in [5.41, 5.74) is 2.44. The average Bonchev–Trinajstić information content (AvgIpc) is 2.41. The number of carboxylic acids is 1. The number of benzene rings is 2. The van der Waals surface area contributed by atoms with E-state index in [1.165, 1.54) is 18.2 Å². The molecule has 2 aromatic rings. The van der Waals surface area contributed by atoms with Crippen LogP contribution in [0.2, 0.25) is 0 Å². The summed E-state index contributed by atoms with van der Waals surface area (Å²) in [7, 11) is 0. The number of halogens is 1. The molecule has 0 aromatic heterocycles. The quantitative estimate of drug-likeness (QED) is 0.924. The first-order valence-electron chi connectivity index (χ1n) is 6.20. The highest BCUT2D eigenvalue weighted by molar-refractivity contribution is 5.90. The Bertz CT molecular complexity index is 650. The topological polar surface area (TPSA) is 46.5 Å². The average molecular weight is 274 g/mol. The van der Waals surface area contributed by atoms with E-state index in [9.17, 15) is 9.18 Å². The van der Waals surface area contributed by atoms with Crippen LogP contribution >= 0.6 is 0 Å². The van der Waals surface area contributed by atoms with E-state index in [1.54, 1.807) is 25.1 Å². The second-order valence-electron chi connectivity index (χ2n) is 4.59. The highest BCUT2D eigenvalue weighted by Crippen LogP contribution is 2.23. The van der Waals surface area contributed by atoms with Crippen molar-refractivity contribution in [2.24, 2.45) is 0 Å². The molecule has 0 aliphatic carbocycles. The van der Waals surface area contributed by atoms with Crippen molar-refractivity contribution in [3.8, 4) is 5.75 Å². The van der Waals surface area contributed by atoms with Gasteiger partial charge in [-0.25, -0.2) is 9.18 Å². The van der Waals surface area contributed by atoms with Crippen molar-refractivity contribution in [1.29, 1.82) is 0 Å². The molecule has 4 heteroatoms. The third-order valence-corrected chi connectivity index (χ3v) is 3.21. The van der Waals surface area contributed by atoms with Gasteiger partial charge in [0.05, 0.1) is 5.56 Å². The van der Waals surface area contributed by atoms with Crippen molar-refractivity contribution in [1.82, 2.24) is 0 Å². The van der Waals surface area contributed by atoms with E-state index in [0.717, 1.165) is 11.1 Å². The number of hydrogen-bond donors (Lipinski definition) is 1. The van der Waals surface area contributed by atoms with E-state index < -0.39 is 5.97 Å². The van der Waals surface area contributed by atoms with Gasteiger partial charge >= 0.3 is 5.97 Å². The third-order valence-electron chi connectivity index (χ3n) is 3.21. The molecule has 0 radical (unpaired) electrons. The zero-order valence-corrected chi connectivity index (χ0v) is 11.3. The predicted molar refractivity (Wildman–Crippen MR) is 73.6 cm³/mol. The lowest BCUT2D eigenvalue weighted by Crippen LogP contribution is -2.04. The van der Waals surface area contributed by atoms with E-state index in [2.05, 4.69) is 0 Å². The van der Waals surface area contributed by atoms with Crippen molar-refractivity contribution in [2.75, 3.05) is 0 Å². The van der Waals surface area contributed by atoms with Gasteiger partial charge in [-0.05, 0) is 49.2 Å². The molecular weight excluding hydrogens is 259 g/mol. The Morgan fingerprint density at radius 1 is 1.25 bits per heavy atom. The number of carbonyl (C=O) groups is 1. The summed E-state index contributed by atoms with van der Waals surface area (Å²) in [4.78, 5) is 11.0. The van der Waals surface area contributed by atoms with E-state index in [0.29, 0.717) is 11.3 Å². The van der Waals surface area contributed by atoms with Crippen LogP contribution in [-0.2, 0) is 6.61 Å². The van der Waals surface area contributed by atoms with E-state index in [-0.39, 0.29) is 18.0 Å². The summed E-state index contributed by atoms with van der Waals surface area (Å²) < 4.78 is 18.8. The standard InChI is InChI=1S/C16H15FO3/c1-10-6-7-13(17)8-12(10)9-20-15-5-3-4-14(11(15)2)16(18)19/h3-8H,9H2,1-2H3,(H,18,19). The Kier molecular flexibility index (Phi) is 4.03. The summed E-state index contributed by atoms with van der Waals surface area (Å²) in [5.74, 6) is -0.811. The fourth-order valence-corrected chi connectivity index (χ4v) is 1.95. The summed E-state index contributed by atoms with van der Waals surface area (Å²) in [6.45, 7) is 3.77. The Morgan fingerprint density at radius 3 is 2.70 bits per heavy atom. The molecule has 0 saturated heterocycles. The van der Waals surface area contributed by atoms with Crippen LogP contribution in [0.3, 0.4) is 0 Å². The minimum atomic E-state index is -0.991. The second-order valence-corrected chi connectivity index (χ2v) is 4.59. The van der Waals surface area contributed by atoms with Crippen molar-refractivity contribution < 1.29 is 19.0 Å². The zero-order chi connectivity index (χ0) is 14.7. The van der Waals surface area contributed by atoms with Gasteiger partial charge in [0.15, 0.2) is 0 Å². The molecule has 0 unspecified atom stereocenters. The molecule has 0 fully saturated rings. The maximum atomic E-state index is 13.2. The van der Waals surface area contributed by atoms with Crippen LogP contribution in [0.4, 0.5) is 4.39 Å². The van der Waals surface area contributed by atoms with Gasteiger partial charge < -0.3 is 9.84 Å². The summed E-state index contributed by atoms with van der Waals surface area (Å²) >= 11 is 0. The van der Waals surface area contributed by atoms with Gasteiger partial charge in [0.25, 0.3) is 0 Å². The van der Waals surface area contributed by atoms with E-state index in [4.69, 9.17) is 9.84 Å². The van der Waals surface area contributed by atoms with E-state index in [1.807, 2.05) is 6.92 Å². The van der Waals surface area contributed by atoms with Crippen LogP contribution in [0.15, 0.2) is 36.4 Å². The molecule has 0 saturated carbocycles. The lowest BCUT2D eigenvalue weighted by atomic mass is 10.1. The fraction of sp³-hybridized carbons (Fsp3) is 0.188. The van der Waals surface area contributed by atoms with E-state index >= 15 is 0 Å². The molecule has 104 valence electrons. The number of carboxylic acid groups (broad SMARTS) is 1. The molecule has 1 N–H and O–H groups in total. The summed E-state index contributed by atoms with van der Waals surface area (Å²) in [6, 6.07) is 9.37. The molecule has 0 bridgehead atoms. The maximum absolute atomic E-state index is 13.2. The minimum absolute atomic E-state index is 0.202. The molecule has 0 heterocycles. The molecule has 3 nitrogen and oxygen atoms in total. The lowest BCUT2D eigenvalue weighted by Gasteiger charge is -2.12. The molecule has 0 spiro atoms. The highest BCUT2D eigenvalue weighted by Gasteiger charge is 2.11. The highest BCUT2D eigenvalue weighted by atomic mass is 19.1. The van der Waals surface area contributed by atoms with Crippen LogP contribution in [0.5, 0.6) is 5.75 Å². The number of hydrogen-bond acceptors (Lipinski definition) is 2. The summed E-state index contributed by atoms with van der Waals surface area (Å²) in [6.07, 6.45) is 0. The van der Waals surface area contributed by atoms with Crippen molar-refractivity contribution in [3.05, 3.63) is 64.5 Å². The molecule has 2 rings (SSSR count). The Balaban J connectivity index is 2.21. The molecule has 0 aliphatic heterocycles. The monoisotopic (exact) mass is 274 g/mol. The normalized spacial score (nSPS) is 10.3. The Labute approximate surface area is 116 Å². The molecule has 0 amide bonds. The van der Waals surface area contributed by atoms with Crippen LogP contribution in [0.1, 0.15) is 27.0 Å². The fourth-order valence-electron chi connectivity index (χ4n) is 1.95. The molecule has 20 heavy (non-hydrogen) atoms. The number of aryl methyl sites for hydroxylation is 1. The van der Waals surface area contributed by atoms with Crippen molar-refractivity contribution in [2.45, 2.75) is 20.5 Å². The Hall–Kier alpha value is -2.36. The first-order valence-corrected chi connectivity index (χ1v) is 6.20. The van der Waals surface area contributed by atoms with Gasteiger partial charge in [-0.3, -0.25) is 0 Å². The Morgan fingerprint density at radius 2 is 2.00 bits per heavy atom. The zero-order valence-electron chi connectivity index (χ0n) is 11.3. The van der Waals surface area contributed by atoms with Gasteiger partial charge in [0.2, 0.25) is 0 Å². The molecule has 2 aromatic carbocycles. The maximum Gasteiger partial charge on any atom is 0.336 e. The molecule has 0 atom stereocenters. The van der Waals surface area contributed by atoms with Gasteiger partial charge in [-0.1, -0.05) is 12.1 Å². The molecular formula is C16H15FO3. The van der Waals surface area contributed by atoms with Gasteiger partial charge in [0, 0.05) is 5.56 Å². The smallest absolute Gasteiger partial charge is 0.336 e. The van der Waals surface area contributed by atoms with Crippen LogP contribution in [0, 0.1) is 19.7 Å². The number of rotatable bonds is 4. The van der Waals surface area contributed by atoms with Gasteiger partial charge in [-0.15, -0.1) is 0 Å². The van der Waals surface area contributed by atoms with Crippen LogP contribution in [-0.4, -0.2) is 11.1 Å². The SMILES string of the molecule is Cc1ccc(F)cc1COc1cccc(C(=O)O)c1C. The number of aromatic carboxylic acids is 1. The van der Waals surface area contributed by atoms with Gasteiger partial charge in [-0.2, -0.15) is 0 Å². The lowest BCUT2D eigenvalue weighted by molar-refractivity contribution is 0.0695. The first-order chi connectivity index (χ1) is 9.49. The number of ether oxygens (including phenoxy) is 1. The summed E-state index contributed by atoms with van der Waals surface area (Å²) in [5, 5.41) is 9.05. The largest absolute Gasteiger partial charge is 0.489 e. The van der Waals surface area contributed by atoms with Gasteiger partial charge in [0.1, 0.15) is 18.2 Å². The predicted octanol–water partition coefficient (Wildman–Crippen LogP) is 3.72. The first kappa shape index (κ1) is 14.1.